The van der Waals surface area contributed by atoms with Gasteiger partial charge in [0.15, 0.2) is 0 Å². The molecule has 0 aliphatic carbocycles. The van der Waals surface area contributed by atoms with Crippen LogP contribution in [-0.2, 0) is 6.54 Å². The van der Waals surface area contributed by atoms with Crippen LogP contribution in [0.5, 0.6) is 5.75 Å². The molecule has 0 unspecified atom stereocenters. The number of nitrogens with two attached hydrogens (primary N) is 1. The number of methoxy groups -OCH3 is 1. The Labute approximate surface area is 102 Å². The van der Waals surface area contributed by atoms with E-state index in [2.05, 4.69) is 18.2 Å². The quantitative estimate of drug-likeness (QED) is 0.773. The SMILES string of the molecule is COc1ccc(CN(C)CCSC)c(N)c1. The second kappa shape index (κ2) is 6.66. The molecule has 0 aliphatic rings. The van der Waals surface area contributed by atoms with Gasteiger partial charge in [0.1, 0.15) is 5.75 Å². The lowest BCUT2D eigenvalue weighted by atomic mass is 10.1. The van der Waals surface area contributed by atoms with E-state index < -0.39 is 0 Å². The summed E-state index contributed by atoms with van der Waals surface area (Å²) in [5, 5.41) is 0. The minimum absolute atomic E-state index is 0.801. The number of hydrogen-bond donors (Lipinski definition) is 1. The molecule has 0 fully saturated rings. The maximum atomic E-state index is 5.96. The number of rotatable bonds is 6. The van der Waals surface area contributed by atoms with Gasteiger partial charge in [0.25, 0.3) is 0 Å². The molecular formula is C12H20N2OS. The average Bonchev–Trinajstić information content (AvgIpc) is 2.29. The molecular weight excluding hydrogens is 220 g/mol. The summed E-state index contributed by atoms with van der Waals surface area (Å²) >= 11 is 1.86. The number of benzene rings is 1. The summed E-state index contributed by atoms with van der Waals surface area (Å²) in [6.45, 7) is 1.96. The van der Waals surface area contributed by atoms with Crippen molar-refractivity contribution >= 4 is 17.4 Å². The van der Waals surface area contributed by atoms with Crippen LogP contribution >= 0.6 is 11.8 Å². The van der Waals surface area contributed by atoms with Crippen LogP contribution in [-0.4, -0.2) is 37.6 Å². The van der Waals surface area contributed by atoms with Gasteiger partial charge in [-0.15, -0.1) is 0 Å². The highest BCUT2D eigenvalue weighted by molar-refractivity contribution is 7.98. The predicted octanol–water partition coefficient (Wildman–Crippen LogP) is 2.07. The molecule has 0 saturated heterocycles. The molecule has 1 aromatic rings. The smallest absolute Gasteiger partial charge is 0.120 e. The molecule has 0 spiro atoms. The summed E-state index contributed by atoms with van der Waals surface area (Å²) in [4.78, 5) is 2.27. The molecule has 0 atom stereocenters. The Balaban J connectivity index is 2.59. The molecule has 3 nitrogen and oxygen atoms in total. The van der Waals surface area contributed by atoms with E-state index in [-0.39, 0.29) is 0 Å². The summed E-state index contributed by atoms with van der Waals surface area (Å²) in [5.74, 6) is 1.96. The summed E-state index contributed by atoms with van der Waals surface area (Å²) in [5.41, 5.74) is 7.92. The van der Waals surface area contributed by atoms with Crippen LogP contribution in [0.25, 0.3) is 0 Å². The third-order valence-corrected chi connectivity index (χ3v) is 3.06. The maximum absolute atomic E-state index is 5.96. The second-order valence-electron chi connectivity index (χ2n) is 3.80. The Hall–Kier alpha value is -0.870. The molecule has 0 aliphatic heterocycles. The van der Waals surface area contributed by atoms with E-state index in [0.29, 0.717) is 0 Å². The summed E-state index contributed by atoms with van der Waals surface area (Å²) in [7, 11) is 3.76. The highest BCUT2D eigenvalue weighted by Gasteiger charge is 2.04. The van der Waals surface area contributed by atoms with Crippen molar-refractivity contribution < 1.29 is 4.74 Å². The van der Waals surface area contributed by atoms with Crippen molar-refractivity contribution in [1.82, 2.24) is 4.90 Å². The van der Waals surface area contributed by atoms with Gasteiger partial charge in [-0.2, -0.15) is 11.8 Å². The van der Waals surface area contributed by atoms with Crippen LogP contribution in [0.2, 0.25) is 0 Å². The third kappa shape index (κ3) is 3.94. The number of ether oxygens (including phenoxy) is 1. The van der Waals surface area contributed by atoms with Gasteiger partial charge in [-0.05, 0) is 24.9 Å². The zero-order chi connectivity index (χ0) is 12.0. The molecule has 16 heavy (non-hydrogen) atoms. The summed E-state index contributed by atoms with van der Waals surface area (Å²) in [6, 6.07) is 5.86. The van der Waals surface area contributed by atoms with Gasteiger partial charge < -0.3 is 15.4 Å². The van der Waals surface area contributed by atoms with Crippen molar-refractivity contribution in [2.24, 2.45) is 0 Å². The number of nitrogen functional groups attached to an aromatic ring is 1. The van der Waals surface area contributed by atoms with Crippen LogP contribution in [0.4, 0.5) is 5.69 Å². The van der Waals surface area contributed by atoms with Gasteiger partial charge in [-0.25, -0.2) is 0 Å². The summed E-state index contributed by atoms with van der Waals surface area (Å²) < 4.78 is 5.12. The first-order chi connectivity index (χ1) is 7.67. The van der Waals surface area contributed by atoms with Crippen LogP contribution in [0.15, 0.2) is 18.2 Å². The van der Waals surface area contributed by atoms with Gasteiger partial charge in [-0.1, -0.05) is 6.07 Å². The predicted molar refractivity (Wildman–Crippen MR) is 72.1 cm³/mol. The molecule has 90 valence electrons. The Morgan fingerprint density at radius 3 is 2.75 bits per heavy atom. The molecule has 0 radical (unpaired) electrons. The maximum Gasteiger partial charge on any atom is 0.120 e. The van der Waals surface area contributed by atoms with E-state index in [1.54, 1.807) is 7.11 Å². The van der Waals surface area contributed by atoms with Crippen LogP contribution in [0, 0.1) is 0 Å². The van der Waals surface area contributed by atoms with Gasteiger partial charge in [0, 0.05) is 30.6 Å². The molecule has 4 heteroatoms. The zero-order valence-electron chi connectivity index (χ0n) is 10.2. The lowest BCUT2D eigenvalue weighted by molar-refractivity contribution is 0.349. The molecule has 0 bridgehead atoms. The van der Waals surface area contributed by atoms with Crippen molar-refractivity contribution in [2.45, 2.75) is 6.54 Å². The highest BCUT2D eigenvalue weighted by atomic mass is 32.2. The fraction of sp³-hybridized carbons (Fsp3) is 0.500. The van der Waals surface area contributed by atoms with Crippen molar-refractivity contribution in [1.29, 1.82) is 0 Å². The normalized spacial score (nSPS) is 10.8. The van der Waals surface area contributed by atoms with E-state index in [1.165, 1.54) is 0 Å². The molecule has 1 rings (SSSR count). The van der Waals surface area contributed by atoms with Crippen LogP contribution < -0.4 is 10.5 Å². The van der Waals surface area contributed by atoms with E-state index in [9.17, 15) is 0 Å². The van der Waals surface area contributed by atoms with Crippen LogP contribution in [0.1, 0.15) is 5.56 Å². The monoisotopic (exact) mass is 240 g/mol. The fourth-order valence-corrected chi connectivity index (χ4v) is 1.96. The molecule has 1 aromatic carbocycles. The number of nitrogens with zero attached hydrogens (tertiary/aromatic N) is 1. The minimum atomic E-state index is 0.801. The van der Waals surface area contributed by atoms with E-state index >= 15 is 0 Å². The Bertz CT molecular complexity index is 331. The molecule has 2 N–H and O–H groups in total. The Kier molecular flexibility index (Phi) is 5.49. The number of thioether (sulfide) groups is 1. The first-order valence-electron chi connectivity index (χ1n) is 5.27. The zero-order valence-corrected chi connectivity index (χ0v) is 11.0. The van der Waals surface area contributed by atoms with E-state index in [0.717, 1.165) is 35.8 Å². The standard InChI is InChI=1S/C12H20N2OS/c1-14(6-7-16-3)9-10-4-5-11(15-2)8-12(10)13/h4-5,8H,6-7,9,13H2,1-3H3. The Morgan fingerprint density at radius 1 is 1.44 bits per heavy atom. The largest absolute Gasteiger partial charge is 0.497 e. The van der Waals surface area contributed by atoms with Crippen molar-refractivity contribution in [3.05, 3.63) is 23.8 Å². The lowest BCUT2D eigenvalue weighted by Crippen LogP contribution is -2.21. The molecule has 0 saturated carbocycles. The van der Waals surface area contributed by atoms with Gasteiger partial charge in [0.2, 0.25) is 0 Å². The number of anilines is 1. The second-order valence-corrected chi connectivity index (χ2v) is 4.78. The van der Waals surface area contributed by atoms with Crippen LogP contribution in [0.3, 0.4) is 0 Å². The fourth-order valence-electron chi connectivity index (χ4n) is 1.46. The van der Waals surface area contributed by atoms with Crippen molar-refractivity contribution in [3.8, 4) is 5.75 Å². The van der Waals surface area contributed by atoms with E-state index in [1.807, 2.05) is 30.0 Å². The number of hydrogen-bond acceptors (Lipinski definition) is 4. The molecule has 0 amide bonds. The molecule has 0 aromatic heterocycles. The molecule has 0 heterocycles. The van der Waals surface area contributed by atoms with Gasteiger partial charge in [0.05, 0.1) is 7.11 Å². The van der Waals surface area contributed by atoms with Gasteiger partial charge in [-0.3, -0.25) is 0 Å². The topological polar surface area (TPSA) is 38.5 Å². The van der Waals surface area contributed by atoms with E-state index in [4.69, 9.17) is 10.5 Å². The Morgan fingerprint density at radius 2 is 2.19 bits per heavy atom. The van der Waals surface area contributed by atoms with Crippen molar-refractivity contribution in [3.63, 3.8) is 0 Å². The first kappa shape index (κ1) is 13.2. The average molecular weight is 240 g/mol. The highest BCUT2D eigenvalue weighted by Crippen LogP contribution is 2.20. The minimum Gasteiger partial charge on any atom is -0.497 e. The summed E-state index contributed by atoms with van der Waals surface area (Å²) in [6.07, 6.45) is 2.12. The van der Waals surface area contributed by atoms with Crippen molar-refractivity contribution in [2.75, 3.05) is 38.4 Å². The lowest BCUT2D eigenvalue weighted by Gasteiger charge is -2.17. The first-order valence-corrected chi connectivity index (χ1v) is 6.66. The van der Waals surface area contributed by atoms with Gasteiger partial charge >= 0.3 is 0 Å². The third-order valence-electron chi connectivity index (χ3n) is 2.47.